The second kappa shape index (κ2) is 10.4. The first-order chi connectivity index (χ1) is 20.2. The minimum Gasteiger partial charge on any atom is -0.497 e. The molecular weight excluding hydrogens is 554 g/mol. The van der Waals surface area contributed by atoms with Crippen LogP contribution in [0.5, 0.6) is 17.4 Å². The highest BCUT2D eigenvalue weighted by Gasteiger charge is 2.44. The van der Waals surface area contributed by atoms with Gasteiger partial charge in [-0.2, -0.15) is 0 Å². The van der Waals surface area contributed by atoms with Crippen LogP contribution < -0.4 is 19.7 Å². The molecule has 3 aromatic heterocycles. The number of aromatic nitrogens is 3. The summed E-state index contributed by atoms with van der Waals surface area (Å²) in [6, 6.07) is 13.5. The maximum atomic E-state index is 14.8. The molecule has 0 bridgehead atoms. The molecule has 5 aromatic rings. The molecule has 6 rings (SSSR count). The number of hydrogen-bond acceptors (Lipinski definition) is 7. The molecule has 1 aliphatic heterocycles. The molecule has 42 heavy (non-hydrogen) atoms. The minimum atomic E-state index is -2.72. The van der Waals surface area contributed by atoms with Crippen molar-refractivity contribution in [2.45, 2.75) is 12.5 Å². The third-order valence-corrected chi connectivity index (χ3v) is 7.10. The molecule has 0 spiro atoms. The Kier molecular flexibility index (Phi) is 6.76. The van der Waals surface area contributed by atoms with E-state index >= 15 is 0 Å². The molecule has 0 unspecified atom stereocenters. The van der Waals surface area contributed by atoms with E-state index in [4.69, 9.17) is 9.47 Å². The number of benzene rings is 2. The van der Waals surface area contributed by atoms with Gasteiger partial charge in [-0.25, -0.2) is 27.5 Å². The summed E-state index contributed by atoms with van der Waals surface area (Å²) in [5, 5.41) is 14.7. The van der Waals surface area contributed by atoms with Crippen molar-refractivity contribution in [3.05, 3.63) is 84.2 Å². The Hall–Kier alpha value is -5.00. The Morgan fingerprint density at radius 2 is 1.76 bits per heavy atom. The smallest absolute Gasteiger partial charge is 0.282 e. The van der Waals surface area contributed by atoms with E-state index in [1.165, 1.54) is 34.9 Å². The van der Waals surface area contributed by atoms with Gasteiger partial charge >= 0.3 is 0 Å². The van der Waals surface area contributed by atoms with Crippen molar-refractivity contribution in [1.29, 1.82) is 0 Å². The molecule has 0 radical (unpaired) electrons. The van der Waals surface area contributed by atoms with Gasteiger partial charge in [0.1, 0.15) is 29.0 Å². The summed E-state index contributed by atoms with van der Waals surface area (Å²) < 4.78 is 68.5. The van der Waals surface area contributed by atoms with Crippen molar-refractivity contribution >= 4 is 28.1 Å². The van der Waals surface area contributed by atoms with Crippen molar-refractivity contribution in [1.82, 2.24) is 14.5 Å². The number of fused-ring (bicyclic) bond motifs is 1. The van der Waals surface area contributed by atoms with Crippen LogP contribution in [0.2, 0.25) is 0 Å². The lowest BCUT2D eigenvalue weighted by atomic mass is 10.1. The maximum absolute atomic E-state index is 14.8. The highest BCUT2D eigenvalue weighted by Crippen LogP contribution is 2.39. The van der Waals surface area contributed by atoms with E-state index in [1.807, 2.05) is 0 Å². The zero-order valence-electron chi connectivity index (χ0n) is 22.5. The third kappa shape index (κ3) is 5.00. The molecule has 0 aliphatic carbocycles. The zero-order chi connectivity index (χ0) is 29.6. The molecule has 0 atom stereocenters. The normalized spacial score (nSPS) is 14.1. The number of methoxy groups -OCH3 is 2. The van der Waals surface area contributed by atoms with Crippen LogP contribution in [-0.2, 0) is 6.54 Å². The molecule has 2 aromatic carbocycles. The lowest BCUT2D eigenvalue weighted by Gasteiger charge is -2.40. The van der Waals surface area contributed by atoms with Crippen LogP contribution >= 0.6 is 0 Å². The Labute approximate surface area is 237 Å². The van der Waals surface area contributed by atoms with Crippen molar-refractivity contribution < 1.29 is 32.1 Å². The summed E-state index contributed by atoms with van der Waals surface area (Å²) in [6.07, 6.45) is 3.02. The maximum Gasteiger partial charge on any atom is 0.282 e. The zero-order valence-corrected chi connectivity index (χ0v) is 22.5. The quantitative estimate of drug-likeness (QED) is 0.207. The first-order valence-corrected chi connectivity index (χ1v) is 12.9. The van der Waals surface area contributed by atoms with Crippen molar-refractivity contribution in [3.8, 4) is 28.6 Å². The summed E-state index contributed by atoms with van der Waals surface area (Å²) >= 11 is 0. The molecule has 0 saturated carbocycles. The molecule has 8 nitrogen and oxygen atoms in total. The second-order valence-corrected chi connectivity index (χ2v) is 9.91. The standard InChI is InChI=1S/C30H25F4N5O3/c1-41-19-8-6-17(25(10-19)42-2)13-38-14-24-28(29(38)40)23(11-22(36-24)27-20(31)4-3-5-21(27)32)37-26-9-7-18(12-35-26)39-15-30(33,34)16-39/h3-12,14,40H,13,15-16H2,1-2H3,(H,35,37). The van der Waals surface area contributed by atoms with E-state index in [2.05, 4.69) is 15.3 Å². The number of anilines is 3. The van der Waals surface area contributed by atoms with Gasteiger partial charge in [-0.3, -0.25) is 0 Å². The monoisotopic (exact) mass is 579 g/mol. The van der Waals surface area contributed by atoms with Crippen LogP contribution in [-0.4, -0.2) is 52.9 Å². The van der Waals surface area contributed by atoms with Gasteiger partial charge in [-0.05, 0) is 42.5 Å². The molecule has 1 fully saturated rings. The number of aromatic hydroxyl groups is 1. The van der Waals surface area contributed by atoms with Gasteiger partial charge in [-0.15, -0.1) is 0 Å². The Bertz CT molecular complexity index is 1760. The lowest BCUT2D eigenvalue weighted by Crippen LogP contribution is -2.56. The fourth-order valence-corrected chi connectivity index (χ4v) is 4.98. The van der Waals surface area contributed by atoms with Gasteiger partial charge in [0, 0.05) is 17.8 Å². The number of ether oxygens (including phenoxy) is 2. The van der Waals surface area contributed by atoms with Gasteiger partial charge in [-0.1, -0.05) is 6.07 Å². The minimum absolute atomic E-state index is 0.000733. The number of hydrogen-bond donors (Lipinski definition) is 2. The van der Waals surface area contributed by atoms with E-state index in [-0.39, 0.29) is 53.4 Å². The largest absolute Gasteiger partial charge is 0.497 e. The van der Waals surface area contributed by atoms with Gasteiger partial charge in [0.15, 0.2) is 0 Å². The van der Waals surface area contributed by atoms with Crippen LogP contribution in [0.3, 0.4) is 0 Å². The van der Waals surface area contributed by atoms with Gasteiger partial charge in [0.2, 0.25) is 5.88 Å². The fraction of sp³-hybridized carbons (Fsp3) is 0.200. The number of halogens is 4. The van der Waals surface area contributed by atoms with Crippen LogP contribution in [0.4, 0.5) is 34.8 Å². The van der Waals surface area contributed by atoms with Gasteiger partial charge in [0.05, 0.1) is 73.6 Å². The first kappa shape index (κ1) is 27.2. The SMILES string of the molecule is COc1ccc(Cn2cc3nc(-c4c(F)cccc4F)cc(Nc4ccc(N5CC(F)(F)C5)cn4)c3c2O)c(OC)c1. The first-order valence-electron chi connectivity index (χ1n) is 12.9. The van der Waals surface area contributed by atoms with Gasteiger partial charge in [0.25, 0.3) is 5.92 Å². The van der Waals surface area contributed by atoms with E-state index in [1.54, 1.807) is 43.6 Å². The summed E-state index contributed by atoms with van der Waals surface area (Å²) in [6.45, 7) is -0.583. The summed E-state index contributed by atoms with van der Waals surface area (Å²) in [4.78, 5) is 10.3. The fourth-order valence-electron chi connectivity index (χ4n) is 4.98. The molecule has 2 N–H and O–H groups in total. The average Bonchev–Trinajstić information content (AvgIpc) is 3.27. The highest BCUT2D eigenvalue weighted by atomic mass is 19.3. The molecule has 0 amide bonds. The Morgan fingerprint density at radius 1 is 1.00 bits per heavy atom. The van der Waals surface area contributed by atoms with E-state index in [9.17, 15) is 22.7 Å². The molecule has 1 aliphatic rings. The molecular formula is C30H25F4N5O3. The third-order valence-electron chi connectivity index (χ3n) is 7.10. The number of nitrogens with one attached hydrogen (secondary N) is 1. The summed E-state index contributed by atoms with van der Waals surface area (Å²) in [7, 11) is 3.07. The summed E-state index contributed by atoms with van der Waals surface area (Å²) in [5.41, 5.74) is 1.49. The van der Waals surface area contributed by atoms with Crippen molar-refractivity contribution in [2.75, 3.05) is 37.5 Å². The van der Waals surface area contributed by atoms with E-state index in [0.717, 1.165) is 17.7 Å². The van der Waals surface area contributed by atoms with Crippen molar-refractivity contribution in [2.24, 2.45) is 0 Å². The van der Waals surface area contributed by atoms with Crippen LogP contribution in [0.1, 0.15) is 5.56 Å². The average molecular weight is 580 g/mol. The molecule has 4 heterocycles. The van der Waals surface area contributed by atoms with Crippen LogP contribution in [0, 0.1) is 11.6 Å². The number of rotatable bonds is 8. The Morgan fingerprint density at radius 3 is 2.40 bits per heavy atom. The van der Waals surface area contributed by atoms with E-state index < -0.39 is 17.6 Å². The summed E-state index contributed by atoms with van der Waals surface area (Å²) in [5.74, 6) is -3.01. The van der Waals surface area contributed by atoms with Crippen LogP contribution in [0.15, 0.2) is 67.0 Å². The van der Waals surface area contributed by atoms with Crippen LogP contribution in [0.25, 0.3) is 22.2 Å². The predicted molar refractivity (Wildman–Crippen MR) is 150 cm³/mol. The predicted octanol–water partition coefficient (Wildman–Crippen LogP) is 6.35. The van der Waals surface area contributed by atoms with Gasteiger partial charge < -0.3 is 29.4 Å². The van der Waals surface area contributed by atoms with E-state index in [0.29, 0.717) is 23.0 Å². The Balaban J connectivity index is 1.42. The number of nitrogens with zero attached hydrogens (tertiary/aromatic N) is 4. The second-order valence-electron chi connectivity index (χ2n) is 9.91. The molecule has 12 heteroatoms. The number of pyridine rings is 2. The highest BCUT2D eigenvalue weighted by molar-refractivity contribution is 5.99. The van der Waals surface area contributed by atoms with Crippen molar-refractivity contribution in [3.63, 3.8) is 0 Å². The number of alkyl halides is 2. The molecule has 1 saturated heterocycles. The topological polar surface area (TPSA) is 84.7 Å². The molecule has 216 valence electrons. The lowest BCUT2D eigenvalue weighted by molar-refractivity contribution is -0.0262.